The van der Waals surface area contributed by atoms with Gasteiger partial charge < -0.3 is 9.15 Å². The fourth-order valence-electron chi connectivity index (χ4n) is 4.25. The van der Waals surface area contributed by atoms with Crippen LogP contribution in [0.4, 0.5) is 14.5 Å². The molecule has 6 rings (SSSR count). The highest BCUT2D eigenvalue weighted by atomic mass is 32.2. The molecule has 32 heavy (non-hydrogen) atoms. The normalized spacial score (nSPS) is 19.2. The minimum atomic E-state index is -0.506. The fourth-order valence-corrected chi connectivity index (χ4v) is 5.58. The Bertz CT molecular complexity index is 1480. The lowest BCUT2D eigenvalue weighted by molar-refractivity contribution is 0.270. The van der Waals surface area contributed by atoms with Gasteiger partial charge in [-0.2, -0.15) is 0 Å². The lowest BCUT2D eigenvalue weighted by Crippen LogP contribution is -2.33. The first-order valence-corrected chi connectivity index (χ1v) is 10.9. The standard InChI is InChI=1S/C25H15F2NO3S/c26-13-5-7-20-15(9-13)23-17(11-30-20)25(32-22-4-2-1-3-19(22)28-23)18-12-31-21-8-6-14(27)10-16(21)24(18)29/h1-10,12,17,25H,11H2/t17-,25-/m1/s1. The monoisotopic (exact) mass is 447 g/mol. The molecule has 0 unspecified atom stereocenters. The predicted molar refractivity (Wildman–Crippen MR) is 119 cm³/mol. The molecule has 0 fully saturated rings. The van der Waals surface area contributed by atoms with Gasteiger partial charge in [-0.25, -0.2) is 8.78 Å². The van der Waals surface area contributed by atoms with Gasteiger partial charge in [0.25, 0.3) is 0 Å². The third-order valence-corrected chi connectivity index (χ3v) is 7.22. The summed E-state index contributed by atoms with van der Waals surface area (Å²) in [6, 6.07) is 15.9. The summed E-state index contributed by atoms with van der Waals surface area (Å²) in [5.41, 5.74) is 2.39. The molecule has 0 N–H and O–H groups in total. The van der Waals surface area contributed by atoms with E-state index in [0.29, 0.717) is 28.2 Å². The van der Waals surface area contributed by atoms with Gasteiger partial charge in [0.1, 0.15) is 23.0 Å². The molecule has 0 saturated heterocycles. The van der Waals surface area contributed by atoms with Crippen LogP contribution in [0.3, 0.4) is 0 Å². The highest BCUT2D eigenvalue weighted by Crippen LogP contribution is 2.49. The number of rotatable bonds is 1. The van der Waals surface area contributed by atoms with E-state index in [0.717, 1.165) is 10.6 Å². The van der Waals surface area contributed by atoms with Crippen molar-refractivity contribution in [1.82, 2.24) is 0 Å². The molecule has 0 amide bonds. The Morgan fingerprint density at radius 2 is 1.81 bits per heavy atom. The number of thioether (sulfide) groups is 1. The van der Waals surface area contributed by atoms with Crippen molar-refractivity contribution < 1.29 is 17.9 Å². The molecule has 3 aromatic carbocycles. The number of benzene rings is 3. The minimum absolute atomic E-state index is 0.183. The average molecular weight is 447 g/mol. The lowest BCUT2D eigenvalue weighted by atomic mass is 9.88. The van der Waals surface area contributed by atoms with Crippen LogP contribution < -0.4 is 10.2 Å². The molecule has 3 heterocycles. The number of ether oxygens (including phenoxy) is 1. The quantitative estimate of drug-likeness (QED) is 0.357. The van der Waals surface area contributed by atoms with Crippen LogP contribution in [0.1, 0.15) is 16.4 Å². The van der Waals surface area contributed by atoms with Gasteiger partial charge in [0, 0.05) is 16.0 Å². The van der Waals surface area contributed by atoms with E-state index in [1.165, 1.54) is 48.4 Å². The van der Waals surface area contributed by atoms with E-state index in [-0.39, 0.29) is 23.3 Å². The first-order valence-electron chi connectivity index (χ1n) is 10.1. The Kier molecular flexibility index (Phi) is 4.40. The van der Waals surface area contributed by atoms with Crippen LogP contribution in [0.15, 0.2) is 86.0 Å². The summed E-state index contributed by atoms with van der Waals surface area (Å²) in [6.07, 6.45) is 1.44. The highest BCUT2D eigenvalue weighted by molar-refractivity contribution is 7.99. The van der Waals surface area contributed by atoms with Crippen LogP contribution >= 0.6 is 11.8 Å². The zero-order valence-electron chi connectivity index (χ0n) is 16.5. The van der Waals surface area contributed by atoms with Crippen molar-refractivity contribution in [2.24, 2.45) is 10.9 Å². The van der Waals surface area contributed by atoms with E-state index in [9.17, 15) is 13.6 Å². The van der Waals surface area contributed by atoms with Crippen molar-refractivity contribution in [2.45, 2.75) is 10.1 Å². The molecule has 158 valence electrons. The number of halogens is 2. The summed E-state index contributed by atoms with van der Waals surface area (Å²) in [6.45, 7) is 0.268. The first-order chi connectivity index (χ1) is 15.6. The number of nitrogens with zero attached hydrogens (tertiary/aromatic N) is 1. The molecule has 0 aliphatic carbocycles. The molecular weight excluding hydrogens is 432 g/mol. The molecule has 2 aliphatic heterocycles. The number of aliphatic imine (C=N–C) groups is 1. The van der Waals surface area contributed by atoms with Crippen molar-refractivity contribution in [3.05, 3.63) is 99.9 Å². The molecular formula is C25H15F2NO3S. The lowest BCUT2D eigenvalue weighted by Gasteiger charge is -2.31. The number of hydrogen-bond donors (Lipinski definition) is 0. The smallest absolute Gasteiger partial charge is 0.197 e. The summed E-state index contributed by atoms with van der Waals surface area (Å²) in [4.78, 5) is 19.2. The highest BCUT2D eigenvalue weighted by Gasteiger charge is 2.39. The Morgan fingerprint density at radius 3 is 2.72 bits per heavy atom. The maximum atomic E-state index is 14.1. The molecule has 2 aliphatic rings. The van der Waals surface area contributed by atoms with Crippen molar-refractivity contribution in [3.8, 4) is 5.75 Å². The van der Waals surface area contributed by atoms with E-state index < -0.39 is 16.9 Å². The van der Waals surface area contributed by atoms with Gasteiger partial charge in [0.05, 0.1) is 40.8 Å². The maximum absolute atomic E-state index is 14.1. The van der Waals surface area contributed by atoms with Crippen molar-refractivity contribution in [1.29, 1.82) is 0 Å². The van der Waals surface area contributed by atoms with Crippen molar-refractivity contribution in [3.63, 3.8) is 0 Å². The summed E-state index contributed by atoms with van der Waals surface area (Å²) in [5.74, 6) is -0.681. The molecule has 1 aromatic heterocycles. The van der Waals surface area contributed by atoms with Gasteiger partial charge in [0.2, 0.25) is 0 Å². The summed E-state index contributed by atoms with van der Waals surface area (Å²) in [5, 5.41) is -0.236. The molecule has 0 bridgehead atoms. The van der Waals surface area contributed by atoms with E-state index in [2.05, 4.69) is 0 Å². The molecule has 7 heteroatoms. The number of hydrogen-bond acceptors (Lipinski definition) is 5. The van der Waals surface area contributed by atoms with Crippen LogP contribution in [-0.2, 0) is 0 Å². The van der Waals surface area contributed by atoms with Crippen LogP contribution in [0.5, 0.6) is 5.75 Å². The van der Waals surface area contributed by atoms with Crippen molar-refractivity contribution in [2.75, 3.05) is 6.61 Å². The largest absolute Gasteiger partial charge is 0.492 e. The van der Waals surface area contributed by atoms with Gasteiger partial charge in [-0.15, -0.1) is 11.8 Å². The van der Waals surface area contributed by atoms with E-state index >= 15 is 0 Å². The van der Waals surface area contributed by atoms with Crippen LogP contribution in [-0.4, -0.2) is 12.3 Å². The predicted octanol–water partition coefficient (Wildman–Crippen LogP) is 6.05. The van der Waals surface area contributed by atoms with E-state index in [4.69, 9.17) is 14.1 Å². The Balaban J connectivity index is 1.59. The molecule has 0 radical (unpaired) electrons. The zero-order valence-corrected chi connectivity index (χ0v) is 17.4. The molecule has 0 spiro atoms. The topological polar surface area (TPSA) is 51.8 Å². The second-order valence-electron chi connectivity index (χ2n) is 7.72. The average Bonchev–Trinajstić information content (AvgIpc) is 2.97. The molecule has 2 atom stereocenters. The van der Waals surface area contributed by atoms with E-state index in [1.807, 2.05) is 24.3 Å². The minimum Gasteiger partial charge on any atom is -0.492 e. The molecule has 4 aromatic rings. The van der Waals surface area contributed by atoms with Crippen LogP contribution in [0.2, 0.25) is 0 Å². The van der Waals surface area contributed by atoms with Gasteiger partial charge >= 0.3 is 0 Å². The Hall–Kier alpha value is -3.45. The second-order valence-corrected chi connectivity index (χ2v) is 8.91. The van der Waals surface area contributed by atoms with E-state index in [1.54, 1.807) is 6.07 Å². The number of para-hydroxylation sites is 1. The first kappa shape index (κ1) is 19.3. The molecule has 4 nitrogen and oxygen atoms in total. The zero-order chi connectivity index (χ0) is 21.8. The summed E-state index contributed by atoms with van der Waals surface area (Å²) < 4.78 is 39.7. The van der Waals surface area contributed by atoms with Gasteiger partial charge in [-0.3, -0.25) is 9.79 Å². The Morgan fingerprint density at radius 1 is 1.00 bits per heavy atom. The number of fused-ring (bicyclic) bond motifs is 5. The fraction of sp³-hybridized carbons (Fsp3) is 0.120. The van der Waals surface area contributed by atoms with Gasteiger partial charge in [-0.1, -0.05) is 12.1 Å². The van der Waals surface area contributed by atoms with Crippen LogP contribution in [0, 0.1) is 17.6 Å². The summed E-state index contributed by atoms with van der Waals surface area (Å²) in [7, 11) is 0. The van der Waals surface area contributed by atoms with Gasteiger partial charge in [0.15, 0.2) is 5.43 Å². The van der Waals surface area contributed by atoms with Crippen LogP contribution in [0.25, 0.3) is 11.0 Å². The second kappa shape index (κ2) is 7.31. The maximum Gasteiger partial charge on any atom is 0.197 e. The SMILES string of the molecule is O=c1c([C@@H]2Sc3ccccc3N=C3c4cc(F)ccc4OC[C@H]32)coc2ccc(F)cc12. The molecule has 0 saturated carbocycles. The third kappa shape index (κ3) is 3.04. The van der Waals surface area contributed by atoms with Gasteiger partial charge in [-0.05, 0) is 48.5 Å². The van der Waals surface area contributed by atoms with Crippen molar-refractivity contribution >= 4 is 34.1 Å². The summed E-state index contributed by atoms with van der Waals surface area (Å²) >= 11 is 1.48. The Labute approximate surface area is 185 Å². The third-order valence-electron chi connectivity index (χ3n) is 5.78.